The molecule has 1 amide bonds. The topological polar surface area (TPSA) is 32.3 Å². The number of nitrogens with one attached hydrogen (secondary N) is 1. The van der Waals surface area contributed by atoms with E-state index in [0.717, 1.165) is 24.3 Å². The lowest BCUT2D eigenvalue weighted by atomic mass is 9.97. The van der Waals surface area contributed by atoms with Crippen LogP contribution in [0.3, 0.4) is 0 Å². The third-order valence-electron chi connectivity index (χ3n) is 3.51. The van der Waals surface area contributed by atoms with Crippen molar-refractivity contribution in [2.24, 2.45) is 0 Å². The molecule has 0 radical (unpaired) electrons. The zero-order chi connectivity index (χ0) is 14.7. The van der Waals surface area contributed by atoms with Crippen molar-refractivity contribution >= 4 is 5.91 Å². The molecule has 1 aliphatic heterocycles. The minimum atomic E-state index is -4.32. The van der Waals surface area contributed by atoms with Gasteiger partial charge in [0.2, 0.25) is 5.91 Å². The first-order valence-corrected chi connectivity index (χ1v) is 6.84. The summed E-state index contributed by atoms with van der Waals surface area (Å²) in [6.07, 6.45) is -0.919. The average molecular weight is 280 g/mol. The number of alkyl halides is 3. The van der Waals surface area contributed by atoms with Crippen LogP contribution in [-0.2, 0) is 4.79 Å². The number of hydrogen-bond donors (Lipinski definition) is 1. The first-order chi connectivity index (χ1) is 8.68. The summed E-state index contributed by atoms with van der Waals surface area (Å²) >= 11 is 0. The Hall–Kier alpha value is -0.780. The molecule has 0 unspecified atom stereocenters. The van der Waals surface area contributed by atoms with Crippen molar-refractivity contribution in [2.45, 2.75) is 77.1 Å². The molecule has 1 N–H and O–H groups in total. The zero-order valence-electron chi connectivity index (χ0n) is 11.8. The van der Waals surface area contributed by atoms with Gasteiger partial charge in [-0.25, -0.2) is 5.01 Å². The lowest BCUT2D eigenvalue weighted by Crippen LogP contribution is -2.56. The molecule has 19 heavy (non-hydrogen) atoms. The van der Waals surface area contributed by atoms with Crippen LogP contribution in [0.4, 0.5) is 13.2 Å². The van der Waals surface area contributed by atoms with Gasteiger partial charge in [-0.05, 0) is 20.3 Å². The van der Waals surface area contributed by atoms with Gasteiger partial charge in [0, 0.05) is 12.0 Å². The maximum Gasteiger partial charge on any atom is 0.405 e. The lowest BCUT2D eigenvalue weighted by molar-refractivity contribution is -0.202. The van der Waals surface area contributed by atoms with E-state index < -0.39 is 17.8 Å². The molecular weight excluding hydrogens is 257 g/mol. The Morgan fingerprint density at radius 1 is 1.32 bits per heavy atom. The molecule has 3 nitrogen and oxygen atoms in total. The molecule has 0 aliphatic carbocycles. The molecule has 1 atom stereocenters. The molecule has 0 aromatic rings. The molecule has 0 bridgehead atoms. The predicted octanol–water partition coefficient (Wildman–Crippen LogP) is 3.40. The van der Waals surface area contributed by atoms with Crippen molar-refractivity contribution in [1.82, 2.24) is 10.4 Å². The van der Waals surface area contributed by atoms with E-state index in [0.29, 0.717) is 6.42 Å². The molecule has 0 aromatic heterocycles. The largest absolute Gasteiger partial charge is 0.405 e. The number of halogens is 3. The van der Waals surface area contributed by atoms with Crippen molar-refractivity contribution in [3.8, 4) is 0 Å². The van der Waals surface area contributed by atoms with Gasteiger partial charge >= 0.3 is 6.18 Å². The number of carbonyl (C=O) groups is 1. The fourth-order valence-electron chi connectivity index (χ4n) is 2.51. The standard InChI is InChI=1S/C13H23F3N2O/c1-4-5-6-7-8-10(13(14,15)16)18-12(2,3)9-11(19)17-18/h10H,4-9H2,1-3H3,(H,17,19)/t10-/m0/s1. The van der Waals surface area contributed by atoms with Crippen LogP contribution < -0.4 is 5.43 Å². The fourth-order valence-corrected chi connectivity index (χ4v) is 2.51. The molecule has 1 aliphatic rings. The molecule has 6 heteroatoms. The van der Waals surface area contributed by atoms with Gasteiger partial charge in [-0.1, -0.05) is 32.6 Å². The van der Waals surface area contributed by atoms with E-state index in [4.69, 9.17) is 0 Å². The molecule has 1 rings (SSSR count). The second kappa shape index (κ2) is 6.11. The normalized spacial score (nSPS) is 21.5. The van der Waals surface area contributed by atoms with Gasteiger partial charge < -0.3 is 0 Å². The summed E-state index contributed by atoms with van der Waals surface area (Å²) in [6, 6.07) is -1.59. The molecule has 1 saturated heterocycles. The highest BCUT2D eigenvalue weighted by Gasteiger charge is 2.51. The zero-order valence-corrected chi connectivity index (χ0v) is 11.8. The van der Waals surface area contributed by atoms with E-state index in [2.05, 4.69) is 5.43 Å². The predicted molar refractivity (Wildman–Crippen MR) is 67.3 cm³/mol. The Balaban J connectivity index is 2.72. The van der Waals surface area contributed by atoms with E-state index in [-0.39, 0.29) is 18.7 Å². The van der Waals surface area contributed by atoms with Crippen molar-refractivity contribution < 1.29 is 18.0 Å². The van der Waals surface area contributed by atoms with Crippen LogP contribution in [-0.4, -0.2) is 28.7 Å². The number of amides is 1. The Labute approximate surface area is 112 Å². The highest BCUT2D eigenvalue weighted by molar-refractivity contribution is 5.78. The van der Waals surface area contributed by atoms with Crippen LogP contribution in [0, 0.1) is 0 Å². The lowest BCUT2D eigenvalue weighted by Gasteiger charge is -2.37. The van der Waals surface area contributed by atoms with E-state index in [1.165, 1.54) is 0 Å². The number of hydrogen-bond acceptors (Lipinski definition) is 2. The van der Waals surface area contributed by atoms with Crippen LogP contribution in [0.1, 0.15) is 59.3 Å². The maximum absolute atomic E-state index is 13.2. The van der Waals surface area contributed by atoms with Gasteiger partial charge in [-0.3, -0.25) is 10.2 Å². The number of nitrogens with zero attached hydrogens (tertiary/aromatic N) is 1. The molecule has 0 aromatic carbocycles. The molecule has 1 fully saturated rings. The van der Waals surface area contributed by atoms with Gasteiger partial charge in [0.15, 0.2) is 0 Å². The molecule has 112 valence electrons. The summed E-state index contributed by atoms with van der Waals surface area (Å²) < 4.78 is 39.5. The first-order valence-electron chi connectivity index (χ1n) is 6.84. The molecule has 0 saturated carbocycles. The third kappa shape index (κ3) is 4.37. The minimum Gasteiger partial charge on any atom is -0.288 e. The summed E-state index contributed by atoms with van der Waals surface area (Å²) in [7, 11) is 0. The summed E-state index contributed by atoms with van der Waals surface area (Å²) in [6.45, 7) is 5.34. The SMILES string of the molecule is CCCCCC[C@H](N1NC(=O)CC1(C)C)C(F)(F)F. The van der Waals surface area contributed by atoms with Gasteiger partial charge in [0.25, 0.3) is 0 Å². The highest BCUT2D eigenvalue weighted by Crippen LogP contribution is 2.35. The molecular formula is C13H23F3N2O. The van der Waals surface area contributed by atoms with Gasteiger partial charge in [0.05, 0.1) is 0 Å². The quantitative estimate of drug-likeness (QED) is 0.756. The highest BCUT2D eigenvalue weighted by atomic mass is 19.4. The number of rotatable bonds is 6. The molecule has 1 heterocycles. The summed E-state index contributed by atoms with van der Waals surface area (Å²) in [5.74, 6) is -0.340. The minimum absolute atomic E-state index is 0.0349. The molecule has 0 spiro atoms. The Morgan fingerprint density at radius 2 is 1.95 bits per heavy atom. The summed E-state index contributed by atoms with van der Waals surface area (Å²) in [5.41, 5.74) is 1.58. The summed E-state index contributed by atoms with van der Waals surface area (Å²) in [5, 5.41) is 1.10. The van der Waals surface area contributed by atoms with Crippen LogP contribution >= 0.6 is 0 Å². The fraction of sp³-hybridized carbons (Fsp3) is 0.923. The number of carbonyl (C=O) groups excluding carboxylic acids is 1. The second-order valence-electron chi connectivity index (χ2n) is 5.80. The number of hydrazine groups is 1. The Morgan fingerprint density at radius 3 is 2.37 bits per heavy atom. The second-order valence-corrected chi connectivity index (χ2v) is 5.80. The first kappa shape index (κ1) is 16.3. The van der Waals surface area contributed by atoms with Crippen LogP contribution in [0.15, 0.2) is 0 Å². The number of unbranched alkanes of at least 4 members (excludes halogenated alkanes) is 3. The van der Waals surface area contributed by atoms with Crippen LogP contribution in [0.2, 0.25) is 0 Å². The van der Waals surface area contributed by atoms with Crippen LogP contribution in [0.5, 0.6) is 0 Å². The van der Waals surface area contributed by atoms with E-state index in [1.54, 1.807) is 13.8 Å². The van der Waals surface area contributed by atoms with Crippen molar-refractivity contribution in [3.63, 3.8) is 0 Å². The van der Waals surface area contributed by atoms with E-state index >= 15 is 0 Å². The monoisotopic (exact) mass is 280 g/mol. The van der Waals surface area contributed by atoms with Gasteiger partial charge in [-0.15, -0.1) is 0 Å². The van der Waals surface area contributed by atoms with Gasteiger partial charge in [-0.2, -0.15) is 13.2 Å². The Bertz CT molecular complexity index is 316. The third-order valence-corrected chi connectivity index (χ3v) is 3.51. The average Bonchev–Trinajstić information content (AvgIpc) is 2.50. The maximum atomic E-state index is 13.2. The van der Waals surface area contributed by atoms with Crippen molar-refractivity contribution in [3.05, 3.63) is 0 Å². The van der Waals surface area contributed by atoms with Crippen molar-refractivity contribution in [2.75, 3.05) is 0 Å². The van der Waals surface area contributed by atoms with Crippen molar-refractivity contribution in [1.29, 1.82) is 0 Å². The van der Waals surface area contributed by atoms with Gasteiger partial charge in [0.1, 0.15) is 6.04 Å². The Kier molecular flexibility index (Phi) is 5.24. The van der Waals surface area contributed by atoms with Crippen LogP contribution in [0.25, 0.3) is 0 Å². The van der Waals surface area contributed by atoms with E-state index in [1.807, 2.05) is 6.92 Å². The smallest absolute Gasteiger partial charge is 0.288 e. The summed E-state index contributed by atoms with van der Waals surface area (Å²) in [4.78, 5) is 11.4. The van der Waals surface area contributed by atoms with E-state index in [9.17, 15) is 18.0 Å².